The second-order valence-electron chi connectivity index (χ2n) is 3.08. The lowest BCUT2D eigenvalue weighted by molar-refractivity contribution is -0.144. The molecule has 100 valence electrons. The molecule has 0 saturated carbocycles. The molecule has 0 fully saturated rings. The number of benzene rings is 1. The Labute approximate surface area is 99.5 Å². The molecule has 0 aliphatic heterocycles. The monoisotopic (exact) mass is 284 g/mol. The number of carbonyl (C=O) groups is 1. The fraction of sp³-hybridized carbons (Fsp3) is 0.125. The Morgan fingerprint density at radius 2 is 1.89 bits per heavy atom. The lowest BCUT2D eigenvalue weighted by atomic mass is 10.3. The van der Waals surface area contributed by atoms with Gasteiger partial charge >= 0.3 is 12.3 Å². The maximum Gasteiger partial charge on any atom is 0.485 e. The molecular weight excluding hydrogens is 277 g/mol. The Morgan fingerprint density at radius 1 is 1.28 bits per heavy atom. The zero-order valence-corrected chi connectivity index (χ0v) is 9.34. The second-order valence-corrected chi connectivity index (χ2v) is 4.50. The van der Waals surface area contributed by atoms with E-state index < -0.39 is 27.3 Å². The van der Waals surface area contributed by atoms with Gasteiger partial charge in [-0.1, -0.05) is 6.07 Å². The number of amides is 2. The van der Waals surface area contributed by atoms with E-state index in [0.29, 0.717) is 5.32 Å². The highest BCUT2D eigenvalue weighted by Crippen LogP contribution is 2.16. The first-order valence-corrected chi connectivity index (χ1v) is 5.75. The second kappa shape index (κ2) is 4.82. The molecule has 1 aromatic rings. The SMILES string of the molecule is O=C(Nc1cccc(S(=O)(=O)O)c1)NC(F)(F)F. The summed E-state index contributed by atoms with van der Waals surface area (Å²) in [7, 11) is -4.49. The van der Waals surface area contributed by atoms with Crippen LogP contribution in [0.2, 0.25) is 0 Å². The van der Waals surface area contributed by atoms with Gasteiger partial charge in [0.2, 0.25) is 0 Å². The van der Waals surface area contributed by atoms with Gasteiger partial charge in [-0.3, -0.25) is 4.55 Å². The molecule has 1 aromatic carbocycles. The fourth-order valence-corrected chi connectivity index (χ4v) is 1.55. The summed E-state index contributed by atoms with van der Waals surface area (Å²) in [5.41, 5.74) is -0.216. The highest BCUT2D eigenvalue weighted by atomic mass is 32.2. The molecule has 0 radical (unpaired) electrons. The summed E-state index contributed by atoms with van der Waals surface area (Å²) < 4.78 is 65.5. The van der Waals surface area contributed by atoms with E-state index >= 15 is 0 Å². The van der Waals surface area contributed by atoms with Crippen LogP contribution in [0.3, 0.4) is 0 Å². The third-order valence-electron chi connectivity index (χ3n) is 1.65. The minimum absolute atomic E-state index is 0.216. The number of carbonyl (C=O) groups excluding carboxylic acids is 1. The standard InChI is InChI=1S/C8H7F3N2O4S/c9-8(10,11)13-7(14)12-5-2-1-3-6(4-5)18(15,16)17/h1-4H,(H2,12,13,14)(H,15,16,17). The van der Waals surface area contributed by atoms with Crippen LogP contribution in [-0.2, 0) is 10.1 Å². The molecule has 18 heavy (non-hydrogen) atoms. The van der Waals surface area contributed by atoms with E-state index in [1.807, 2.05) is 0 Å². The van der Waals surface area contributed by atoms with E-state index in [-0.39, 0.29) is 5.69 Å². The molecule has 3 N–H and O–H groups in total. The zero-order chi connectivity index (χ0) is 14.0. The molecule has 0 unspecified atom stereocenters. The van der Waals surface area contributed by atoms with Crippen LogP contribution in [0.15, 0.2) is 29.2 Å². The molecule has 0 atom stereocenters. The first kappa shape index (κ1) is 14.3. The van der Waals surface area contributed by atoms with Gasteiger partial charge in [-0.15, -0.1) is 0 Å². The lowest BCUT2D eigenvalue weighted by Crippen LogP contribution is -2.40. The van der Waals surface area contributed by atoms with Crippen molar-refractivity contribution in [3.05, 3.63) is 24.3 Å². The van der Waals surface area contributed by atoms with E-state index in [1.165, 1.54) is 0 Å². The molecule has 1 rings (SSSR count). The highest BCUT2D eigenvalue weighted by molar-refractivity contribution is 7.85. The molecule has 0 bridgehead atoms. The van der Waals surface area contributed by atoms with Gasteiger partial charge in [0.15, 0.2) is 0 Å². The number of halogens is 3. The molecule has 0 saturated heterocycles. The molecule has 2 amide bonds. The van der Waals surface area contributed by atoms with Crippen molar-refractivity contribution in [2.75, 3.05) is 5.32 Å². The van der Waals surface area contributed by atoms with Crippen molar-refractivity contribution in [1.29, 1.82) is 0 Å². The summed E-state index contributed by atoms with van der Waals surface area (Å²) in [6.45, 7) is 0. The van der Waals surface area contributed by atoms with E-state index in [9.17, 15) is 26.4 Å². The van der Waals surface area contributed by atoms with Crippen LogP contribution in [0, 0.1) is 0 Å². The first-order chi connectivity index (χ1) is 8.08. The van der Waals surface area contributed by atoms with E-state index in [2.05, 4.69) is 0 Å². The Kier molecular flexibility index (Phi) is 3.82. The molecular formula is C8H7F3N2O4S. The maximum atomic E-state index is 11.8. The topological polar surface area (TPSA) is 95.5 Å². The number of hydrogen-bond acceptors (Lipinski definition) is 3. The van der Waals surface area contributed by atoms with E-state index in [0.717, 1.165) is 24.3 Å². The molecule has 0 aromatic heterocycles. The van der Waals surface area contributed by atoms with Crippen molar-refractivity contribution in [3.8, 4) is 0 Å². The van der Waals surface area contributed by atoms with Gasteiger partial charge in [0.1, 0.15) is 0 Å². The average molecular weight is 284 g/mol. The van der Waals surface area contributed by atoms with Gasteiger partial charge in [-0.25, -0.2) is 10.1 Å². The number of anilines is 1. The first-order valence-electron chi connectivity index (χ1n) is 4.31. The Hall–Kier alpha value is -1.81. The quantitative estimate of drug-likeness (QED) is 0.567. The summed E-state index contributed by atoms with van der Waals surface area (Å²) in [4.78, 5) is 10.3. The fourth-order valence-electron chi connectivity index (χ4n) is 1.03. The largest absolute Gasteiger partial charge is 0.485 e. The van der Waals surface area contributed by atoms with Crippen LogP contribution in [0.4, 0.5) is 23.7 Å². The van der Waals surface area contributed by atoms with Crippen molar-refractivity contribution in [1.82, 2.24) is 5.32 Å². The third kappa shape index (κ3) is 4.59. The average Bonchev–Trinajstić information content (AvgIpc) is 2.13. The van der Waals surface area contributed by atoms with Crippen molar-refractivity contribution >= 4 is 21.8 Å². The summed E-state index contributed by atoms with van der Waals surface area (Å²) in [5, 5.41) is 2.43. The van der Waals surface area contributed by atoms with Gasteiger partial charge < -0.3 is 5.32 Å². The van der Waals surface area contributed by atoms with Crippen molar-refractivity contribution < 1.29 is 30.9 Å². The summed E-state index contributed by atoms with van der Waals surface area (Å²) in [6, 6.07) is 2.56. The minimum atomic E-state index is -4.90. The number of rotatable bonds is 2. The van der Waals surface area contributed by atoms with Crippen molar-refractivity contribution in [2.45, 2.75) is 11.2 Å². The number of urea groups is 1. The van der Waals surface area contributed by atoms with E-state index in [4.69, 9.17) is 4.55 Å². The summed E-state index contributed by atoms with van der Waals surface area (Å²) in [6.07, 6.45) is -4.90. The molecule has 0 heterocycles. The molecule has 6 nitrogen and oxygen atoms in total. The Balaban J connectivity index is 2.84. The zero-order valence-electron chi connectivity index (χ0n) is 8.52. The lowest BCUT2D eigenvalue weighted by Gasteiger charge is -2.10. The predicted molar refractivity (Wildman–Crippen MR) is 54.5 cm³/mol. The van der Waals surface area contributed by atoms with Gasteiger partial charge in [0.25, 0.3) is 10.1 Å². The van der Waals surface area contributed by atoms with Gasteiger partial charge in [0, 0.05) is 5.69 Å². The van der Waals surface area contributed by atoms with Crippen LogP contribution in [0.1, 0.15) is 0 Å². The van der Waals surface area contributed by atoms with E-state index in [1.54, 1.807) is 5.32 Å². The molecule has 0 spiro atoms. The van der Waals surface area contributed by atoms with Gasteiger partial charge in [-0.05, 0) is 18.2 Å². The van der Waals surface area contributed by atoms with Crippen LogP contribution in [-0.4, -0.2) is 25.3 Å². The van der Waals surface area contributed by atoms with Crippen LogP contribution >= 0.6 is 0 Å². The third-order valence-corrected chi connectivity index (χ3v) is 2.49. The molecule has 0 aliphatic carbocycles. The van der Waals surface area contributed by atoms with Crippen LogP contribution in [0.25, 0.3) is 0 Å². The molecule has 10 heteroatoms. The predicted octanol–water partition coefficient (Wildman–Crippen LogP) is 1.57. The Bertz CT molecular complexity index is 556. The van der Waals surface area contributed by atoms with Gasteiger partial charge in [-0.2, -0.15) is 21.6 Å². The smallest absolute Gasteiger partial charge is 0.308 e. The summed E-state index contributed by atoms with van der Waals surface area (Å²) in [5.74, 6) is 0. The highest BCUT2D eigenvalue weighted by Gasteiger charge is 2.30. The maximum absolute atomic E-state index is 11.8. The number of nitrogens with one attached hydrogen (secondary N) is 2. The van der Waals surface area contributed by atoms with Crippen LogP contribution in [0.5, 0.6) is 0 Å². The van der Waals surface area contributed by atoms with Crippen LogP contribution < -0.4 is 10.6 Å². The minimum Gasteiger partial charge on any atom is -0.308 e. The summed E-state index contributed by atoms with van der Waals surface area (Å²) >= 11 is 0. The molecule has 0 aliphatic rings. The Morgan fingerprint density at radius 3 is 2.39 bits per heavy atom. The van der Waals surface area contributed by atoms with Crippen molar-refractivity contribution in [2.24, 2.45) is 0 Å². The number of hydrogen-bond donors (Lipinski definition) is 3. The van der Waals surface area contributed by atoms with Crippen molar-refractivity contribution in [3.63, 3.8) is 0 Å². The number of alkyl halides is 3. The van der Waals surface area contributed by atoms with Gasteiger partial charge in [0.05, 0.1) is 4.90 Å². The normalized spacial score (nSPS) is 12.0.